The Morgan fingerprint density at radius 1 is 0.537 bits per heavy atom. The van der Waals surface area contributed by atoms with Gasteiger partial charge in [0, 0.05) is 13.5 Å². The number of rotatable bonds is 31. The van der Waals surface area contributed by atoms with E-state index in [1.807, 2.05) is 0 Å². The second-order valence-corrected chi connectivity index (χ2v) is 12.8. The van der Waals surface area contributed by atoms with Gasteiger partial charge in [-0.25, -0.2) is 0 Å². The Balaban J connectivity index is 4.16. The Kier molecular flexibility index (Phi) is 29.9. The Bertz CT molecular complexity index is 575. The number of carbonyl (C=O) groups is 2. The molecule has 3 atom stereocenters. The molecule has 0 bridgehead atoms. The van der Waals surface area contributed by atoms with Gasteiger partial charge in [-0.1, -0.05) is 162 Å². The van der Waals surface area contributed by atoms with E-state index in [0.717, 1.165) is 64.2 Å². The van der Waals surface area contributed by atoms with E-state index >= 15 is 0 Å². The minimum absolute atomic E-state index is 0.139. The Morgan fingerprint density at radius 2 is 0.951 bits per heavy atom. The number of hydrogen-bond donors (Lipinski definition) is 0. The molecule has 0 amide bonds. The first-order valence-electron chi connectivity index (χ1n) is 18.3. The van der Waals surface area contributed by atoms with Gasteiger partial charge in [-0.3, -0.25) is 9.59 Å². The van der Waals surface area contributed by atoms with Crippen LogP contribution in [0.4, 0.5) is 0 Å². The van der Waals surface area contributed by atoms with Gasteiger partial charge in [0.05, 0.1) is 12.0 Å². The molecule has 0 radical (unpaired) electrons. The van der Waals surface area contributed by atoms with E-state index in [4.69, 9.17) is 9.47 Å². The van der Waals surface area contributed by atoms with Crippen molar-refractivity contribution in [2.45, 2.75) is 207 Å². The standard InChI is InChI=1S/C37H72O4/c1-6-9-11-12-13-14-15-16-17-18-19-20-21-22-28-32-36(38)41-37(39)35(34(8-3)30-25-10-7-2)31-27-24-23-26-29-33(4)40-5/h33-35H,6-32H2,1-5H3. The molecule has 0 spiro atoms. The first-order valence-corrected chi connectivity index (χ1v) is 18.3. The maximum absolute atomic E-state index is 13.1. The lowest BCUT2D eigenvalue weighted by molar-refractivity contribution is -0.164. The second-order valence-electron chi connectivity index (χ2n) is 12.8. The van der Waals surface area contributed by atoms with Gasteiger partial charge >= 0.3 is 11.9 Å². The van der Waals surface area contributed by atoms with Crippen LogP contribution in [0.15, 0.2) is 0 Å². The van der Waals surface area contributed by atoms with E-state index in [0.29, 0.717) is 18.4 Å². The molecule has 0 rings (SSSR count). The first-order chi connectivity index (χ1) is 20.0. The van der Waals surface area contributed by atoms with Crippen LogP contribution in [0.2, 0.25) is 0 Å². The number of esters is 2. The fourth-order valence-corrected chi connectivity index (χ4v) is 6.04. The predicted octanol–water partition coefficient (Wildman–Crippen LogP) is 11.9. The van der Waals surface area contributed by atoms with Crippen LogP contribution in [0.5, 0.6) is 0 Å². The molecular formula is C37H72O4. The van der Waals surface area contributed by atoms with E-state index in [-0.39, 0.29) is 17.9 Å². The highest BCUT2D eigenvalue weighted by molar-refractivity contribution is 5.86. The SMILES string of the molecule is CCCCCCCCCCCCCCCCCC(=O)OC(=O)C(CCCCCCC(C)OC)C(CC)CCCCC. The maximum atomic E-state index is 13.1. The van der Waals surface area contributed by atoms with Crippen LogP contribution >= 0.6 is 0 Å². The molecule has 0 aromatic carbocycles. The van der Waals surface area contributed by atoms with Crippen molar-refractivity contribution in [2.75, 3.05) is 7.11 Å². The van der Waals surface area contributed by atoms with Gasteiger partial charge in [-0.15, -0.1) is 0 Å². The average molecular weight is 581 g/mol. The van der Waals surface area contributed by atoms with Crippen LogP contribution in [-0.4, -0.2) is 25.2 Å². The van der Waals surface area contributed by atoms with Crippen LogP contribution in [0.1, 0.15) is 201 Å². The zero-order chi connectivity index (χ0) is 30.4. The molecule has 41 heavy (non-hydrogen) atoms. The zero-order valence-corrected chi connectivity index (χ0v) is 28.5. The quantitative estimate of drug-likeness (QED) is 0.0465. The summed E-state index contributed by atoms with van der Waals surface area (Å²) in [5, 5.41) is 0. The predicted molar refractivity (Wildman–Crippen MR) is 176 cm³/mol. The molecule has 0 aliphatic carbocycles. The molecule has 4 heteroatoms. The van der Waals surface area contributed by atoms with Gasteiger partial charge in [-0.05, 0) is 38.5 Å². The molecule has 0 aromatic rings. The molecule has 0 aromatic heterocycles. The van der Waals surface area contributed by atoms with E-state index in [1.165, 1.54) is 103 Å². The van der Waals surface area contributed by atoms with Crippen molar-refractivity contribution in [3.05, 3.63) is 0 Å². The topological polar surface area (TPSA) is 52.6 Å². The molecule has 0 saturated heterocycles. The summed E-state index contributed by atoms with van der Waals surface area (Å²) in [6.45, 7) is 8.79. The van der Waals surface area contributed by atoms with Crippen molar-refractivity contribution >= 4 is 11.9 Å². The highest BCUT2D eigenvalue weighted by Gasteiger charge is 2.29. The molecule has 0 N–H and O–H groups in total. The molecule has 0 saturated carbocycles. The van der Waals surface area contributed by atoms with Gasteiger partial charge < -0.3 is 9.47 Å². The summed E-state index contributed by atoms with van der Waals surface area (Å²) in [7, 11) is 1.77. The summed E-state index contributed by atoms with van der Waals surface area (Å²) in [5.74, 6) is -0.389. The van der Waals surface area contributed by atoms with Crippen LogP contribution in [0.3, 0.4) is 0 Å². The summed E-state index contributed by atoms with van der Waals surface area (Å²) in [6.07, 6.45) is 32.2. The summed E-state index contributed by atoms with van der Waals surface area (Å²) in [5.41, 5.74) is 0. The van der Waals surface area contributed by atoms with E-state index in [9.17, 15) is 9.59 Å². The van der Waals surface area contributed by atoms with E-state index in [2.05, 4.69) is 27.7 Å². The van der Waals surface area contributed by atoms with Gasteiger partial charge in [-0.2, -0.15) is 0 Å². The maximum Gasteiger partial charge on any atom is 0.316 e. The normalized spacial score (nSPS) is 13.7. The fraction of sp³-hybridized carbons (Fsp3) is 0.946. The summed E-state index contributed by atoms with van der Waals surface area (Å²) >= 11 is 0. The number of methoxy groups -OCH3 is 1. The van der Waals surface area contributed by atoms with Crippen LogP contribution in [0, 0.1) is 11.8 Å². The Labute approximate surface area is 256 Å². The molecule has 0 aliphatic heterocycles. The van der Waals surface area contributed by atoms with Crippen molar-refractivity contribution in [3.8, 4) is 0 Å². The van der Waals surface area contributed by atoms with Gasteiger partial charge in [0.1, 0.15) is 0 Å². The molecule has 244 valence electrons. The summed E-state index contributed by atoms with van der Waals surface area (Å²) in [4.78, 5) is 25.7. The zero-order valence-electron chi connectivity index (χ0n) is 28.5. The summed E-state index contributed by atoms with van der Waals surface area (Å²) < 4.78 is 10.8. The van der Waals surface area contributed by atoms with Crippen LogP contribution < -0.4 is 0 Å². The molecule has 0 heterocycles. The molecule has 3 unspecified atom stereocenters. The third-order valence-electron chi connectivity index (χ3n) is 9.05. The van der Waals surface area contributed by atoms with Gasteiger partial charge in [0.25, 0.3) is 0 Å². The third-order valence-corrected chi connectivity index (χ3v) is 9.05. The average Bonchev–Trinajstić information content (AvgIpc) is 2.97. The second kappa shape index (κ2) is 30.6. The van der Waals surface area contributed by atoms with E-state index < -0.39 is 0 Å². The van der Waals surface area contributed by atoms with Crippen molar-refractivity contribution in [1.29, 1.82) is 0 Å². The lowest BCUT2D eigenvalue weighted by atomic mass is 9.82. The molecular weight excluding hydrogens is 508 g/mol. The molecule has 4 nitrogen and oxygen atoms in total. The number of carbonyl (C=O) groups excluding carboxylic acids is 2. The smallest absolute Gasteiger partial charge is 0.316 e. The number of unbranched alkanes of at least 4 members (excludes halogenated alkanes) is 19. The largest absolute Gasteiger partial charge is 0.393 e. The lowest BCUT2D eigenvalue weighted by Crippen LogP contribution is -2.28. The summed E-state index contributed by atoms with van der Waals surface area (Å²) in [6, 6.07) is 0. The molecule has 0 aliphatic rings. The highest BCUT2D eigenvalue weighted by Crippen LogP contribution is 2.29. The van der Waals surface area contributed by atoms with Crippen molar-refractivity contribution in [3.63, 3.8) is 0 Å². The van der Waals surface area contributed by atoms with Crippen molar-refractivity contribution < 1.29 is 19.1 Å². The minimum atomic E-state index is -0.313. The molecule has 0 fully saturated rings. The first kappa shape index (κ1) is 40.1. The third kappa shape index (κ3) is 25.3. The monoisotopic (exact) mass is 581 g/mol. The van der Waals surface area contributed by atoms with Crippen LogP contribution in [-0.2, 0) is 19.1 Å². The number of hydrogen-bond acceptors (Lipinski definition) is 4. The lowest BCUT2D eigenvalue weighted by Gasteiger charge is -2.24. The Hall–Kier alpha value is -0.900. The highest BCUT2D eigenvalue weighted by atomic mass is 16.6. The van der Waals surface area contributed by atoms with Crippen LogP contribution in [0.25, 0.3) is 0 Å². The van der Waals surface area contributed by atoms with Gasteiger partial charge in [0.15, 0.2) is 0 Å². The number of ether oxygens (including phenoxy) is 2. The van der Waals surface area contributed by atoms with Gasteiger partial charge in [0.2, 0.25) is 0 Å². The van der Waals surface area contributed by atoms with Crippen molar-refractivity contribution in [1.82, 2.24) is 0 Å². The van der Waals surface area contributed by atoms with E-state index in [1.54, 1.807) is 7.11 Å². The Morgan fingerprint density at radius 3 is 1.44 bits per heavy atom. The van der Waals surface area contributed by atoms with Crippen molar-refractivity contribution in [2.24, 2.45) is 11.8 Å². The fourth-order valence-electron chi connectivity index (χ4n) is 6.04. The minimum Gasteiger partial charge on any atom is -0.393 e.